The molecule has 0 unspecified atom stereocenters. The second-order valence-electron chi connectivity index (χ2n) is 3.45. The monoisotopic (exact) mass is 264 g/mol. The van der Waals surface area contributed by atoms with E-state index in [1.54, 1.807) is 13.0 Å². The second-order valence-corrected chi connectivity index (χ2v) is 3.45. The lowest BCUT2D eigenvalue weighted by molar-refractivity contribution is -0.325. The molecule has 0 bridgehead atoms. The molecule has 0 amide bonds. The van der Waals surface area contributed by atoms with Gasteiger partial charge in [-0.1, -0.05) is 11.6 Å². The Balaban J connectivity index is 2.59. The molecule has 0 atom stereocenters. The summed E-state index contributed by atoms with van der Waals surface area (Å²) in [4.78, 5) is 10.9. The van der Waals surface area contributed by atoms with Gasteiger partial charge in [-0.3, -0.25) is 4.74 Å². The SMILES string of the molecule is Cc1ccc(OCCOC(F)(F)F)c(C(=O)O)c1. The van der Waals surface area contributed by atoms with Gasteiger partial charge in [-0.05, 0) is 19.1 Å². The molecule has 0 aromatic heterocycles. The number of hydrogen-bond acceptors (Lipinski definition) is 3. The van der Waals surface area contributed by atoms with Crippen LogP contribution >= 0.6 is 0 Å². The Morgan fingerprint density at radius 1 is 1.33 bits per heavy atom. The van der Waals surface area contributed by atoms with E-state index in [4.69, 9.17) is 9.84 Å². The first-order valence-corrected chi connectivity index (χ1v) is 4.97. The molecular formula is C11H11F3O4. The van der Waals surface area contributed by atoms with Crippen molar-refractivity contribution in [2.45, 2.75) is 13.3 Å². The molecule has 0 heterocycles. The first kappa shape index (κ1) is 14.3. The van der Waals surface area contributed by atoms with Crippen LogP contribution in [0.1, 0.15) is 15.9 Å². The van der Waals surface area contributed by atoms with Crippen molar-refractivity contribution < 1.29 is 32.5 Å². The number of benzene rings is 1. The van der Waals surface area contributed by atoms with Gasteiger partial charge in [0.15, 0.2) is 0 Å². The van der Waals surface area contributed by atoms with Crippen LogP contribution in [0.25, 0.3) is 0 Å². The highest BCUT2D eigenvalue weighted by Gasteiger charge is 2.28. The maximum Gasteiger partial charge on any atom is 0.522 e. The van der Waals surface area contributed by atoms with E-state index in [1.807, 2.05) is 0 Å². The molecule has 0 aliphatic rings. The van der Waals surface area contributed by atoms with Crippen LogP contribution in [0.4, 0.5) is 13.2 Å². The van der Waals surface area contributed by atoms with Crippen LogP contribution in [0.2, 0.25) is 0 Å². The van der Waals surface area contributed by atoms with E-state index >= 15 is 0 Å². The molecule has 18 heavy (non-hydrogen) atoms. The highest BCUT2D eigenvalue weighted by atomic mass is 19.4. The lowest BCUT2D eigenvalue weighted by atomic mass is 10.1. The van der Waals surface area contributed by atoms with Crippen molar-refractivity contribution in [2.24, 2.45) is 0 Å². The van der Waals surface area contributed by atoms with Gasteiger partial charge in [-0.25, -0.2) is 4.79 Å². The molecule has 1 rings (SSSR count). The van der Waals surface area contributed by atoms with E-state index < -0.39 is 18.9 Å². The maximum absolute atomic E-state index is 11.7. The Bertz CT molecular complexity index is 429. The number of aryl methyl sites for hydroxylation is 1. The van der Waals surface area contributed by atoms with Crippen LogP contribution in [0.3, 0.4) is 0 Å². The van der Waals surface area contributed by atoms with Crippen molar-refractivity contribution in [1.82, 2.24) is 0 Å². The van der Waals surface area contributed by atoms with Crippen LogP contribution in [0.15, 0.2) is 18.2 Å². The molecule has 1 aromatic carbocycles. The Kier molecular flexibility index (Phi) is 4.55. The molecule has 0 saturated carbocycles. The predicted octanol–water partition coefficient (Wildman–Crippen LogP) is 2.61. The second kappa shape index (κ2) is 5.72. The third-order valence-electron chi connectivity index (χ3n) is 1.97. The molecule has 1 aromatic rings. The number of carboxylic acid groups (broad SMARTS) is 1. The smallest absolute Gasteiger partial charge is 0.490 e. The Labute approximate surface area is 101 Å². The van der Waals surface area contributed by atoms with Gasteiger partial charge in [-0.15, -0.1) is 13.2 Å². The molecule has 0 saturated heterocycles. The fourth-order valence-corrected chi connectivity index (χ4v) is 1.25. The van der Waals surface area contributed by atoms with Gasteiger partial charge in [0.2, 0.25) is 0 Å². The highest BCUT2D eigenvalue weighted by Crippen LogP contribution is 2.20. The number of ether oxygens (including phenoxy) is 2. The number of aromatic carboxylic acids is 1. The maximum atomic E-state index is 11.7. The number of alkyl halides is 3. The summed E-state index contributed by atoms with van der Waals surface area (Å²) < 4.78 is 43.5. The zero-order chi connectivity index (χ0) is 13.8. The van der Waals surface area contributed by atoms with Gasteiger partial charge >= 0.3 is 12.3 Å². The molecular weight excluding hydrogens is 253 g/mol. The summed E-state index contributed by atoms with van der Waals surface area (Å²) in [5, 5.41) is 8.88. The summed E-state index contributed by atoms with van der Waals surface area (Å²) in [7, 11) is 0. The molecule has 7 heteroatoms. The van der Waals surface area contributed by atoms with Crippen molar-refractivity contribution in [2.75, 3.05) is 13.2 Å². The Morgan fingerprint density at radius 3 is 2.56 bits per heavy atom. The highest BCUT2D eigenvalue weighted by molar-refractivity contribution is 5.91. The lowest BCUT2D eigenvalue weighted by Gasteiger charge is -2.11. The minimum absolute atomic E-state index is 0.0128. The van der Waals surface area contributed by atoms with Crippen molar-refractivity contribution in [3.05, 3.63) is 29.3 Å². The molecule has 0 spiro atoms. The van der Waals surface area contributed by atoms with Crippen LogP contribution in [-0.2, 0) is 4.74 Å². The summed E-state index contributed by atoms with van der Waals surface area (Å²) in [6, 6.07) is 4.38. The van der Waals surface area contributed by atoms with Crippen LogP contribution in [-0.4, -0.2) is 30.7 Å². The number of carboxylic acids is 1. The van der Waals surface area contributed by atoms with Crippen LogP contribution < -0.4 is 4.74 Å². The molecule has 0 aliphatic heterocycles. The van der Waals surface area contributed by atoms with Crippen molar-refractivity contribution >= 4 is 5.97 Å². The van der Waals surface area contributed by atoms with E-state index in [-0.39, 0.29) is 17.9 Å². The zero-order valence-electron chi connectivity index (χ0n) is 9.45. The largest absolute Gasteiger partial charge is 0.522 e. The van der Waals surface area contributed by atoms with Gasteiger partial charge in [-0.2, -0.15) is 0 Å². The first-order valence-electron chi connectivity index (χ1n) is 4.97. The van der Waals surface area contributed by atoms with Gasteiger partial charge in [0.25, 0.3) is 0 Å². The zero-order valence-corrected chi connectivity index (χ0v) is 9.45. The van der Waals surface area contributed by atoms with Gasteiger partial charge < -0.3 is 9.84 Å². The van der Waals surface area contributed by atoms with E-state index in [9.17, 15) is 18.0 Å². The summed E-state index contributed by atoms with van der Waals surface area (Å²) >= 11 is 0. The standard InChI is InChI=1S/C11H11F3O4/c1-7-2-3-9(8(6-7)10(15)16)17-4-5-18-11(12,13)14/h2-3,6H,4-5H2,1H3,(H,15,16). The van der Waals surface area contributed by atoms with Crippen molar-refractivity contribution in [3.8, 4) is 5.75 Å². The Hall–Kier alpha value is -1.76. The topological polar surface area (TPSA) is 55.8 Å². The molecule has 0 aliphatic carbocycles. The summed E-state index contributed by atoms with van der Waals surface area (Å²) in [5.41, 5.74) is 0.619. The normalized spacial score (nSPS) is 11.3. The van der Waals surface area contributed by atoms with Crippen molar-refractivity contribution in [3.63, 3.8) is 0 Å². The van der Waals surface area contributed by atoms with Gasteiger partial charge in [0.05, 0.1) is 6.61 Å². The third kappa shape index (κ3) is 4.62. The Morgan fingerprint density at radius 2 is 2.00 bits per heavy atom. The lowest BCUT2D eigenvalue weighted by Crippen LogP contribution is -2.18. The third-order valence-corrected chi connectivity index (χ3v) is 1.97. The molecule has 4 nitrogen and oxygen atoms in total. The number of halogens is 3. The first-order chi connectivity index (χ1) is 8.29. The quantitative estimate of drug-likeness (QED) is 0.830. The van der Waals surface area contributed by atoms with Crippen molar-refractivity contribution in [1.29, 1.82) is 0 Å². The van der Waals surface area contributed by atoms with E-state index in [2.05, 4.69) is 4.74 Å². The summed E-state index contributed by atoms with van der Waals surface area (Å²) in [6.45, 7) is 0.613. The molecule has 0 radical (unpaired) electrons. The number of carbonyl (C=O) groups is 1. The summed E-state index contributed by atoms with van der Waals surface area (Å²) in [6.07, 6.45) is -4.72. The fourth-order valence-electron chi connectivity index (χ4n) is 1.25. The molecule has 1 N–H and O–H groups in total. The fraction of sp³-hybridized carbons (Fsp3) is 0.364. The minimum atomic E-state index is -4.72. The minimum Gasteiger partial charge on any atom is -0.490 e. The molecule has 100 valence electrons. The van der Waals surface area contributed by atoms with Crippen LogP contribution in [0, 0.1) is 6.92 Å². The number of hydrogen-bond donors (Lipinski definition) is 1. The van der Waals surface area contributed by atoms with E-state index in [0.717, 1.165) is 0 Å². The molecule has 0 fully saturated rings. The average Bonchev–Trinajstić information content (AvgIpc) is 2.24. The average molecular weight is 264 g/mol. The van der Waals surface area contributed by atoms with E-state index in [0.29, 0.717) is 5.56 Å². The van der Waals surface area contributed by atoms with Gasteiger partial charge in [0, 0.05) is 0 Å². The van der Waals surface area contributed by atoms with Gasteiger partial charge in [0.1, 0.15) is 17.9 Å². The number of rotatable bonds is 5. The van der Waals surface area contributed by atoms with E-state index in [1.165, 1.54) is 12.1 Å². The summed E-state index contributed by atoms with van der Waals surface area (Å²) in [5.74, 6) is -1.19. The predicted molar refractivity (Wildman–Crippen MR) is 55.6 cm³/mol. The van der Waals surface area contributed by atoms with Crippen LogP contribution in [0.5, 0.6) is 5.75 Å².